The van der Waals surface area contributed by atoms with Crippen LogP contribution in [0.1, 0.15) is 30.5 Å². The lowest BCUT2D eigenvalue weighted by Crippen LogP contribution is -2.40. The number of rotatable bonds is 1. The van der Waals surface area contributed by atoms with Gasteiger partial charge in [-0.15, -0.1) is 0 Å². The molecule has 2 aliphatic rings. The van der Waals surface area contributed by atoms with Crippen molar-refractivity contribution in [2.24, 2.45) is 5.92 Å². The minimum atomic E-state index is -0.348. The molecule has 0 saturated carbocycles. The molecule has 1 saturated heterocycles. The molecule has 0 unspecified atom stereocenters. The maximum atomic E-state index is 13.9. The van der Waals surface area contributed by atoms with Gasteiger partial charge < -0.3 is 4.90 Å². The first-order chi connectivity index (χ1) is 9.50. The predicted molar refractivity (Wildman–Crippen MR) is 71.5 cm³/mol. The molecule has 0 spiro atoms. The van der Waals surface area contributed by atoms with Gasteiger partial charge in [0.25, 0.3) is 5.91 Å². The van der Waals surface area contributed by atoms with Crippen LogP contribution < -0.4 is 0 Å². The van der Waals surface area contributed by atoms with Gasteiger partial charge >= 0.3 is 6.03 Å². The number of likely N-dealkylation sites (N-methyl/N-ethyl adjacent to an activating group) is 1. The molecule has 0 radical (unpaired) electrons. The smallest absolute Gasteiger partial charge is 0.318 e. The van der Waals surface area contributed by atoms with Crippen LogP contribution in [0.5, 0.6) is 0 Å². The Labute approximate surface area is 117 Å². The Hall–Kier alpha value is -1.91. The van der Waals surface area contributed by atoms with Gasteiger partial charge in [-0.2, -0.15) is 0 Å². The third kappa shape index (κ3) is 1.80. The summed E-state index contributed by atoms with van der Waals surface area (Å²) in [4.78, 5) is 27.0. The molecule has 0 bridgehead atoms. The van der Waals surface area contributed by atoms with E-state index in [2.05, 4.69) is 0 Å². The van der Waals surface area contributed by atoms with E-state index in [1.165, 1.54) is 15.9 Å². The first-order valence-electron chi connectivity index (χ1n) is 6.85. The molecular weight excluding hydrogens is 259 g/mol. The summed E-state index contributed by atoms with van der Waals surface area (Å²) in [5.41, 5.74) is 1.42. The highest BCUT2D eigenvalue weighted by Gasteiger charge is 2.43. The molecule has 3 amide bonds. The van der Waals surface area contributed by atoms with Crippen LogP contribution in [0.2, 0.25) is 0 Å². The highest BCUT2D eigenvalue weighted by atomic mass is 19.1. The van der Waals surface area contributed by atoms with E-state index in [0.29, 0.717) is 12.0 Å². The molecule has 1 aromatic carbocycles. The van der Waals surface area contributed by atoms with E-state index >= 15 is 0 Å². The average Bonchev–Trinajstić information content (AvgIpc) is 2.65. The lowest BCUT2D eigenvalue weighted by molar-refractivity contribution is -0.127. The summed E-state index contributed by atoms with van der Waals surface area (Å²) >= 11 is 0. The fraction of sp³-hybridized carbons (Fsp3) is 0.467. The minimum Gasteiger partial charge on any atom is -0.318 e. The van der Waals surface area contributed by atoms with E-state index in [1.807, 2.05) is 13.0 Å². The van der Waals surface area contributed by atoms with Gasteiger partial charge in [0.05, 0.1) is 6.04 Å². The van der Waals surface area contributed by atoms with Crippen molar-refractivity contribution < 1.29 is 14.0 Å². The maximum absolute atomic E-state index is 13.9. The van der Waals surface area contributed by atoms with Gasteiger partial charge in [0.2, 0.25) is 0 Å². The van der Waals surface area contributed by atoms with E-state index in [9.17, 15) is 14.0 Å². The number of imide groups is 1. The third-order valence-electron chi connectivity index (χ3n) is 4.31. The highest BCUT2D eigenvalue weighted by Crippen LogP contribution is 2.40. The standard InChI is InChI=1S/C15H17FN2O2/c1-9-6-7-10-11(4-3-5-12(10)16)14(9)18-13(19)8-17(2)15(18)20/h3-5,9,14H,6-8H2,1-2H3/t9-,14+/m1/s1. The normalized spacial score (nSPS) is 26.1. The van der Waals surface area contributed by atoms with Crippen molar-refractivity contribution in [1.82, 2.24) is 9.80 Å². The van der Waals surface area contributed by atoms with Gasteiger partial charge in [0, 0.05) is 7.05 Å². The van der Waals surface area contributed by atoms with Crippen molar-refractivity contribution in [2.75, 3.05) is 13.6 Å². The van der Waals surface area contributed by atoms with Crippen molar-refractivity contribution in [3.8, 4) is 0 Å². The van der Waals surface area contributed by atoms with E-state index in [-0.39, 0.29) is 36.3 Å². The Morgan fingerprint density at radius 3 is 2.70 bits per heavy atom. The van der Waals surface area contributed by atoms with Crippen LogP contribution in [0.4, 0.5) is 9.18 Å². The van der Waals surface area contributed by atoms with Crippen LogP contribution in [0.15, 0.2) is 18.2 Å². The van der Waals surface area contributed by atoms with Gasteiger partial charge in [-0.25, -0.2) is 9.18 Å². The van der Waals surface area contributed by atoms with E-state index in [1.54, 1.807) is 13.1 Å². The van der Waals surface area contributed by atoms with Gasteiger partial charge in [-0.05, 0) is 36.0 Å². The Morgan fingerprint density at radius 2 is 2.05 bits per heavy atom. The Morgan fingerprint density at radius 1 is 1.30 bits per heavy atom. The predicted octanol–water partition coefficient (Wildman–Crippen LogP) is 2.34. The van der Waals surface area contributed by atoms with Crippen molar-refractivity contribution in [1.29, 1.82) is 0 Å². The molecular formula is C15H17FN2O2. The van der Waals surface area contributed by atoms with Crippen molar-refractivity contribution in [2.45, 2.75) is 25.8 Å². The van der Waals surface area contributed by atoms with Gasteiger partial charge in [0.15, 0.2) is 0 Å². The molecule has 1 fully saturated rings. The quantitative estimate of drug-likeness (QED) is 0.739. The molecule has 3 rings (SSSR count). The van der Waals surface area contributed by atoms with Crippen LogP contribution in [0.25, 0.3) is 0 Å². The van der Waals surface area contributed by atoms with Crippen LogP contribution in [0, 0.1) is 11.7 Å². The zero-order chi connectivity index (χ0) is 14.4. The summed E-state index contributed by atoms with van der Waals surface area (Å²) in [5, 5.41) is 0. The minimum absolute atomic E-state index is 0.104. The molecule has 5 heteroatoms. The highest BCUT2D eigenvalue weighted by molar-refractivity contribution is 6.02. The molecule has 0 aromatic heterocycles. The fourth-order valence-electron chi connectivity index (χ4n) is 3.26. The second-order valence-corrected chi connectivity index (χ2v) is 5.67. The second-order valence-electron chi connectivity index (χ2n) is 5.67. The van der Waals surface area contributed by atoms with E-state index < -0.39 is 0 Å². The Bertz CT molecular complexity index is 587. The molecule has 0 N–H and O–H groups in total. The molecule has 106 valence electrons. The van der Waals surface area contributed by atoms with E-state index in [0.717, 1.165) is 12.0 Å². The average molecular weight is 276 g/mol. The number of nitrogens with zero attached hydrogens (tertiary/aromatic N) is 2. The number of carbonyl (C=O) groups excluding carboxylic acids is 2. The van der Waals surface area contributed by atoms with Crippen molar-refractivity contribution in [3.05, 3.63) is 35.1 Å². The number of hydrogen-bond donors (Lipinski definition) is 0. The van der Waals surface area contributed by atoms with Crippen LogP contribution in [0.3, 0.4) is 0 Å². The topological polar surface area (TPSA) is 40.6 Å². The number of fused-ring (bicyclic) bond motifs is 1. The van der Waals surface area contributed by atoms with E-state index in [4.69, 9.17) is 0 Å². The largest absolute Gasteiger partial charge is 0.327 e. The summed E-state index contributed by atoms with van der Waals surface area (Å²) in [6, 6.07) is 4.28. The summed E-state index contributed by atoms with van der Waals surface area (Å²) in [5.74, 6) is -0.304. The maximum Gasteiger partial charge on any atom is 0.327 e. The monoisotopic (exact) mass is 276 g/mol. The van der Waals surface area contributed by atoms with Gasteiger partial charge in [0.1, 0.15) is 12.4 Å². The lowest BCUT2D eigenvalue weighted by atomic mass is 9.79. The Balaban J connectivity index is 2.08. The molecule has 1 aliphatic carbocycles. The number of benzene rings is 1. The van der Waals surface area contributed by atoms with Crippen LogP contribution >= 0.6 is 0 Å². The Kier molecular flexibility index (Phi) is 3.00. The number of urea groups is 1. The first kappa shape index (κ1) is 13.1. The van der Waals surface area contributed by atoms with Gasteiger partial charge in [-0.1, -0.05) is 19.1 Å². The SMILES string of the molecule is C[C@@H]1CCc2c(F)cccc2[C@H]1N1C(=O)CN(C)C1=O. The zero-order valence-electron chi connectivity index (χ0n) is 11.6. The van der Waals surface area contributed by atoms with Crippen molar-refractivity contribution in [3.63, 3.8) is 0 Å². The molecule has 20 heavy (non-hydrogen) atoms. The fourth-order valence-corrected chi connectivity index (χ4v) is 3.26. The summed E-state index contributed by atoms with van der Waals surface area (Å²) in [7, 11) is 1.61. The number of hydrogen-bond acceptors (Lipinski definition) is 2. The zero-order valence-corrected chi connectivity index (χ0v) is 11.6. The van der Waals surface area contributed by atoms with Crippen LogP contribution in [-0.2, 0) is 11.2 Å². The summed E-state index contributed by atoms with van der Waals surface area (Å²) < 4.78 is 13.9. The second kappa shape index (κ2) is 4.58. The first-order valence-corrected chi connectivity index (χ1v) is 6.85. The number of carbonyl (C=O) groups is 2. The summed E-state index contributed by atoms with van der Waals surface area (Å²) in [6.45, 7) is 2.12. The van der Waals surface area contributed by atoms with Crippen molar-refractivity contribution >= 4 is 11.9 Å². The number of halogens is 1. The van der Waals surface area contributed by atoms with Gasteiger partial charge in [-0.3, -0.25) is 9.69 Å². The molecule has 4 nitrogen and oxygen atoms in total. The third-order valence-corrected chi connectivity index (χ3v) is 4.31. The lowest BCUT2D eigenvalue weighted by Gasteiger charge is -2.36. The molecule has 1 aliphatic heterocycles. The molecule has 1 heterocycles. The summed E-state index contributed by atoms with van der Waals surface area (Å²) in [6.07, 6.45) is 1.44. The molecule has 1 aromatic rings. The molecule has 2 atom stereocenters. The van der Waals surface area contributed by atoms with Crippen LogP contribution in [-0.4, -0.2) is 35.3 Å². The number of amides is 3.